The molecular weight excluding hydrogens is 358 g/mol. The van der Waals surface area contributed by atoms with E-state index in [0.717, 1.165) is 15.9 Å². The molecule has 2 aromatic carbocycles. The molecule has 1 heterocycles. The number of aryl methyl sites for hydroxylation is 1. The molecule has 0 aliphatic heterocycles. The van der Waals surface area contributed by atoms with Crippen molar-refractivity contribution in [2.24, 2.45) is 4.99 Å². The SMILES string of the molecule is Cc1cccc(-n2nc([N+](=O)[O-])c(=NCCc3ccc(Cl)cc3)n2O)c1. The van der Waals surface area contributed by atoms with Crippen molar-refractivity contribution in [3.63, 3.8) is 0 Å². The van der Waals surface area contributed by atoms with E-state index in [1.807, 2.05) is 25.1 Å². The van der Waals surface area contributed by atoms with Gasteiger partial charge in [0.2, 0.25) is 0 Å². The van der Waals surface area contributed by atoms with Crippen molar-refractivity contribution in [2.75, 3.05) is 6.54 Å². The van der Waals surface area contributed by atoms with Crippen molar-refractivity contribution in [3.8, 4) is 5.69 Å². The zero-order valence-corrected chi connectivity index (χ0v) is 14.7. The Balaban J connectivity index is 1.95. The topological polar surface area (TPSA) is 98.5 Å². The molecule has 9 heteroatoms. The lowest BCUT2D eigenvalue weighted by Crippen LogP contribution is -2.23. The average molecular weight is 374 g/mol. The molecule has 3 aromatic rings. The predicted octanol–water partition coefficient (Wildman–Crippen LogP) is 2.92. The van der Waals surface area contributed by atoms with Crippen molar-refractivity contribution < 1.29 is 10.1 Å². The number of nitrogens with zero attached hydrogens (tertiary/aromatic N) is 5. The Bertz CT molecular complexity index is 1010. The minimum absolute atomic E-state index is 0.203. The van der Waals surface area contributed by atoms with Crippen LogP contribution in [0.1, 0.15) is 11.1 Å². The number of hydrogen-bond acceptors (Lipinski definition) is 5. The zero-order chi connectivity index (χ0) is 18.7. The minimum atomic E-state index is -0.667. The van der Waals surface area contributed by atoms with E-state index >= 15 is 0 Å². The molecule has 0 radical (unpaired) electrons. The summed E-state index contributed by atoms with van der Waals surface area (Å²) in [4.78, 5) is 16.4. The molecule has 1 aromatic heterocycles. The highest BCUT2D eigenvalue weighted by molar-refractivity contribution is 6.30. The van der Waals surface area contributed by atoms with E-state index in [1.165, 1.54) is 0 Å². The summed E-state index contributed by atoms with van der Waals surface area (Å²) in [5.41, 5.74) is 2.21. The Morgan fingerprint density at radius 2 is 2.00 bits per heavy atom. The number of hydrogen-bond donors (Lipinski definition) is 1. The smallest absolute Gasteiger partial charge is 0.409 e. The quantitative estimate of drug-likeness (QED) is 0.422. The van der Waals surface area contributed by atoms with Crippen LogP contribution in [0.2, 0.25) is 5.02 Å². The van der Waals surface area contributed by atoms with Gasteiger partial charge >= 0.3 is 5.82 Å². The van der Waals surface area contributed by atoms with E-state index in [0.29, 0.717) is 22.0 Å². The van der Waals surface area contributed by atoms with E-state index in [2.05, 4.69) is 10.1 Å². The van der Waals surface area contributed by atoms with Crippen LogP contribution in [0.4, 0.5) is 5.82 Å². The van der Waals surface area contributed by atoms with Crippen LogP contribution in [0, 0.1) is 17.0 Å². The van der Waals surface area contributed by atoms with Gasteiger partial charge in [-0.1, -0.05) is 40.7 Å². The van der Waals surface area contributed by atoms with Crippen molar-refractivity contribution in [2.45, 2.75) is 13.3 Å². The van der Waals surface area contributed by atoms with Crippen molar-refractivity contribution in [3.05, 3.63) is 80.3 Å². The number of benzene rings is 2. The second kappa shape index (κ2) is 7.40. The normalized spacial score (nSPS) is 11.7. The van der Waals surface area contributed by atoms with Gasteiger partial charge < -0.3 is 15.3 Å². The van der Waals surface area contributed by atoms with Gasteiger partial charge in [-0.2, -0.15) is 0 Å². The second-order valence-corrected chi connectivity index (χ2v) is 6.12. The summed E-state index contributed by atoms with van der Waals surface area (Å²) < 4.78 is 0. The van der Waals surface area contributed by atoms with Gasteiger partial charge in [-0.15, -0.1) is 0 Å². The monoisotopic (exact) mass is 373 g/mol. The van der Waals surface area contributed by atoms with E-state index in [9.17, 15) is 15.3 Å². The van der Waals surface area contributed by atoms with E-state index in [4.69, 9.17) is 11.6 Å². The van der Waals surface area contributed by atoms with E-state index in [1.54, 1.807) is 30.3 Å². The maximum atomic E-state index is 11.3. The van der Waals surface area contributed by atoms with Gasteiger partial charge in [0.05, 0.1) is 5.10 Å². The van der Waals surface area contributed by atoms with Crippen LogP contribution in [-0.4, -0.2) is 31.4 Å². The van der Waals surface area contributed by atoms with Gasteiger partial charge in [0.15, 0.2) is 0 Å². The second-order valence-electron chi connectivity index (χ2n) is 5.68. The molecular formula is C17H16ClN5O3. The maximum Gasteiger partial charge on any atom is 0.438 e. The fraction of sp³-hybridized carbons (Fsp3) is 0.176. The molecule has 0 aliphatic rings. The maximum absolute atomic E-state index is 11.3. The molecule has 134 valence electrons. The summed E-state index contributed by atoms with van der Waals surface area (Å²) in [5, 5.41) is 26.1. The highest BCUT2D eigenvalue weighted by atomic mass is 35.5. The molecule has 0 bridgehead atoms. The molecule has 0 atom stereocenters. The first-order valence-corrected chi connectivity index (χ1v) is 8.21. The highest BCUT2D eigenvalue weighted by Crippen LogP contribution is 2.11. The third-order valence-electron chi connectivity index (χ3n) is 3.74. The molecule has 0 aliphatic carbocycles. The largest absolute Gasteiger partial charge is 0.438 e. The lowest BCUT2D eigenvalue weighted by molar-refractivity contribution is -0.391. The Labute approximate surface area is 153 Å². The van der Waals surface area contributed by atoms with Gasteiger partial charge in [-0.25, -0.2) is 0 Å². The molecule has 1 N–H and O–H groups in total. The Morgan fingerprint density at radius 3 is 2.65 bits per heavy atom. The lowest BCUT2D eigenvalue weighted by Gasteiger charge is -2.01. The molecule has 0 spiro atoms. The van der Waals surface area contributed by atoms with Gasteiger partial charge in [-0.3, -0.25) is 4.99 Å². The molecule has 0 fully saturated rings. The van der Waals surface area contributed by atoms with Crippen LogP contribution in [-0.2, 0) is 6.42 Å². The summed E-state index contributed by atoms with van der Waals surface area (Å²) in [5.74, 6) is -0.509. The molecule has 0 saturated heterocycles. The summed E-state index contributed by atoms with van der Waals surface area (Å²) in [6.07, 6.45) is 0.546. The van der Waals surface area contributed by atoms with Gasteiger partial charge in [-0.05, 0) is 58.5 Å². The Kier molecular flexibility index (Phi) is 5.04. The standard InChI is InChI=1S/C17H16ClN5O3/c1-12-3-2-4-15(11-12)21-20-17(23(25)26)16(22(21)24)19-10-9-13-5-7-14(18)8-6-13/h2-8,11,24H,9-10H2,1H3. The fourth-order valence-electron chi connectivity index (χ4n) is 2.47. The van der Waals surface area contributed by atoms with Crippen molar-refractivity contribution in [1.82, 2.24) is 14.7 Å². The molecule has 0 saturated carbocycles. The molecule has 8 nitrogen and oxygen atoms in total. The number of rotatable bonds is 5. The summed E-state index contributed by atoms with van der Waals surface area (Å²) in [6.45, 7) is 2.13. The van der Waals surface area contributed by atoms with Crippen molar-refractivity contribution >= 4 is 17.4 Å². The molecule has 0 unspecified atom stereocenters. The highest BCUT2D eigenvalue weighted by Gasteiger charge is 2.23. The van der Waals surface area contributed by atoms with Gasteiger partial charge in [0, 0.05) is 11.6 Å². The van der Waals surface area contributed by atoms with Gasteiger partial charge in [0.25, 0.3) is 5.49 Å². The van der Waals surface area contributed by atoms with Crippen LogP contribution >= 0.6 is 11.6 Å². The average Bonchev–Trinajstić information content (AvgIpc) is 2.94. The number of nitro groups is 1. The third-order valence-corrected chi connectivity index (χ3v) is 3.99. The lowest BCUT2D eigenvalue weighted by atomic mass is 10.1. The van der Waals surface area contributed by atoms with Crippen LogP contribution in [0.5, 0.6) is 0 Å². The Hall–Kier alpha value is -3.13. The van der Waals surface area contributed by atoms with E-state index in [-0.39, 0.29) is 12.0 Å². The van der Waals surface area contributed by atoms with Gasteiger partial charge in [0.1, 0.15) is 5.69 Å². The van der Waals surface area contributed by atoms with Crippen molar-refractivity contribution in [1.29, 1.82) is 0 Å². The van der Waals surface area contributed by atoms with Crippen LogP contribution in [0.3, 0.4) is 0 Å². The molecule has 0 amide bonds. The summed E-state index contributed by atoms with van der Waals surface area (Å²) in [6, 6.07) is 14.3. The first-order valence-electron chi connectivity index (χ1n) is 7.83. The fourth-order valence-corrected chi connectivity index (χ4v) is 2.60. The minimum Gasteiger partial charge on any atom is -0.409 e. The number of aromatic nitrogens is 3. The first kappa shape index (κ1) is 17.7. The first-order chi connectivity index (χ1) is 12.5. The summed E-state index contributed by atoms with van der Waals surface area (Å²) in [7, 11) is 0. The van der Waals surface area contributed by atoms with Crippen LogP contribution in [0.25, 0.3) is 5.69 Å². The molecule has 26 heavy (non-hydrogen) atoms. The van der Waals surface area contributed by atoms with E-state index < -0.39 is 10.7 Å². The van der Waals surface area contributed by atoms with Crippen LogP contribution in [0.15, 0.2) is 53.5 Å². The molecule has 3 rings (SSSR count). The summed E-state index contributed by atoms with van der Waals surface area (Å²) >= 11 is 5.84. The van der Waals surface area contributed by atoms with Crippen LogP contribution < -0.4 is 5.49 Å². The third kappa shape index (κ3) is 3.75. The Morgan fingerprint density at radius 1 is 1.27 bits per heavy atom. The predicted molar refractivity (Wildman–Crippen MR) is 95.7 cm³/mol. The zero-order valence-electron chi connectivity index (χ0n) is 13.9. The number of halogens is 1.